The van der Waals surface area contributed by atoms with Crippen LogP contribution in [-0.4, -0.2) is 35.6 Å². The van der Waals surface area contributed by atoms with E-state index in [1.165, 1.54) is 11.8 Å². The average molecular weight is 417 g/mol. The Morgan fingerprint density at radius 2 is 2.07 bits per heavy atom. The van der Waals surface area contributed by atoms with Crippen LogP contribution in [0, 0.1) is 0 Å². The summed E-state index contributed by atoms with van der Waals surface area (Å²) in [6, 6.07) is 13.3. The summed E-state index contributed by atoms with van der Waals surface area (Å²) >= 11 is 7.42. The molecule has 2 heterocycles. The van der Waals surface area contributed by atoms with Crippen molar-refractivity contribution in [2.24, 2.45) is 0 Å². The van der Waals surface area contributed by atoms with Crippen LogP contribution in [0.4, 0.5) is 5.69 Å². The van der Waals surface area contributed by atoms with Gasteiger partial charge in [0.1, 0.15) is 5.75 Å². The van der Waals surface area contributed by atoms with E-state index in [1.807, 2.05) is 35.2 Å². The number of likely N-dealkylation sites (tertiary alicyclic amines) is 1. The molecule has 146 valence electrons. The molecule has 0 aromatic heterocycles. The van der Waals surface area contributed by atoms with Gasteiger partial charge in [-0.2, -0.15) is 0 Å². The van der Waals surface area contributed by atoms with Gasteiger partial charge in [0, 0.05) is 22.9 Å². The van der Waals surface area contributed by atoms with Gasteiger partial charge in [-0.15, -0.1) is 11.8 Å². The number of ether oxygens (including phenoxy) is 1. The van der Waals surface area contributed by atoms with Gasteiger partial charge in [-0.3, -0.25) is 9.59 Å². The molecule has 2 unspecified atom stereocenters. The lowest BCUT2D eigenvalue weighted by molar-refractivity contribution is -0.133. The molecule has 1 N–H and O–H groups in total. The first-order valence-electron chi connectivity index (χ1n) is 9.25. The normalized spacial score (nSPS) is 21.2. The monoisotopic (exact) mass is 416 g/mol. The summed E-state index contributed by atoms with van der Waals surface area (Å²) in [6.07, 6.45) is 2.09. The molecular formula is C21H21ClN2O3S. The highest BCUT2D eigenvalue weighted by atomic mass is 35.5. The number of hydrogen-bond acceptors (Lipinski definition) is 4. The van der Waals surface area contributed by atoms with Crippen molar-refractivity contribution in [2.75, 3.05) is 19.0 Å². The van der Waals surface area contributed by atoms with E-state index < -0.39 is 5.25 Å². The summed E-state index contributed by atoms with van der Waals surface area (Å²) in [5, 5.41) is 3.02. The van der Waals surface area contributed by atoms with Crippen LogP contribution in [0.25, 0.3) is 0 Å². The van der Waals surface area contributed by atoms with Crippen molar-refractivity contribution >= 4 is 40.9 Å². The van der Waals surface area contributed by atoms with Gasteiger partial charge in [0.2, 0.25) is 11.8 Å². The second-order valence-electron chi connectivity index (χ2n) is 6.96. The molecule has 4 rings (SSSR count). The highest BCUT2D eigenvalue weighted by Gasteiger charge is 2.35. The molecule has 2 amide bonds. The highest BCUT2D eigenvalue weighted by Crippen LogP contribution is 2.40. The Balaban J connectivity index is 1.46. The van der Waals surface area contributed by atoms with Crippen molar-refractivity contribution < 1.29 is 14.3 Å². The number of benzene rings is 2. The van der Waals surface area contributed by atoms with Gasteiger partial charge in [-0.05, 0) is 48.7 Å². The van der Waals surface area contributed by atoms with E-state index in [2.05, 4.69) is 5.32 Å². The molecule has 2 aromatic carbocycles. The molecule has 2 aromatic rings. The zero-order chi connectivity index (χ0) is 19.7. The van der Waals surface area contributed by atoms with E-state index in [-0.39, 0.29) is 24.3 Å². The zero-order valence-corrected chi connectivity index (χ0v) is 17.1. The van der Waals surface area contributed by atoms with Crippen LogP contribution in [0.2, 0.25) is 5.02 Å². The largest absolute Gasteiger partial charge is 0.497 e. The number of nitrogens with zero attached hydrogens (tertiary/aromatic N) is 1. The van der Waals surface area contributed by atoms with E-state index in [1.54, 1.807) is 19.2 Å². The molecule has 1 saturated heterocycles. The summed E-state index contributed by atoms with van der Waals surface area (Å²) in [5.41, 5.74) is 1.82. The van der Waals surface area contributed by atoms with E-state index in [0.29, 0.717) is 10.7 Å². The third kappa shape index (κ3) is 3.84. The van der Waals surface area contributed by atoms with Crippen molar-refractivity contribution in [3.8, 4) is 5.75 Å². The Morgan fingerprint density at radius 3 is 2.82 bits per heavy atom. The van der Waals surface area contributed by atoms with Gasteiger partial charge in [-0.1, -0.05) is 23.7 Å². The Labute approximate surface area is 173 Å². The van der Waals surface area contributed by atoms with Crippen molar-refractivity contribution in [1.29, 1.82) is 0 Å². The third-order valence-electron chi connectivity index (χ3n) is 5.19. The number of carbonyl (C=O) groups is 2. The molecule has 5 nitrogen and oxygen atoms in total. The van der Waals surface area contributed by atoms with Crippen molar-refractivity contribution in [3.63, 3.8) is 0 Å². The number of nitrogens with one attached hydrogen (secondary N) is 1. The number of methoxy groups -OCH3 is 1. The number of carbonyl (C=O) groups excluding carboxylic acids is 2. The van der Waals surface area contributed by atoms with Gasteiger partial charge in [0.15, 0.2) is 0 Å². The third-order valence-corrected chi connectivity index (χ3v) is 6.71. The molecular weight excluding hydrogens is 396 g/mol. The first kappa shape index (κ1) is 19.2. The summed E-state index contributed by atoms with van der Waals surface area (Å²) < 4.78 is 5.22. The zero-order valence-electron chi connectivity index (χ0n) is 15.5. The average Bonchev–Trinajstić information content (AvgIpc) is 3.19. The Kier molecular flexibility index (Phi) is 5.51. The SMILES string of the molecule is COc1ccc(C2CCCN2C(=O)CC2Sc3ccc(Cl)cc3NC2=O)cc1. The molecule has 1 fully saturated rings. The topological polar surface area (TPSA) is 58.6 Å². The lowest BCUT2D eigenvalue weighted by Crippen LogP contribution is -2.37. The molecule has 7 heteroatoms. The summed E-state index contributed by atoms with van der Waals surface area (Å²) in [7, 11) is 1.64. The number of hydrogen-bond donors (Lipinski definition) is 1. The standard InChI is InChI=1S/C21H21ClN2O3S/c1-27-15-7-4-13(5-8-15)17-3-2-10-24(17)20(25)12-19-21(26)23-16-11-14(22)6-9-18(16)28-19/h4-9,11,17,19H,2-3,10,12H2,1H3,(H,23,26). The maximum absolute atomic E-state index is 13.0. The first-order chi connectivity index (χ1) is 13.5. The highest BCUT2D eigenvalue weighted by molar-refractivity contribution is 8.01. The quantitative estimate of drug-likeness (QED) is 0.796. The smallest absolute Gasteiger partial charge is 0.238 e. The fraction of sp³-hybridized carbons (Fsp3) is 0.333. The summed E-state index contributed by atoms with van der Waals surface area (Å²) in [6.45, 7) is 0.723. The van der Waals surface area contributed by atoms with Crippen molar-refractivity contribution in [1.82, 2.24) is 4.90 Å². The molecule has 0 bridgehead atoms. The van der Waals surface area contributed by atoms with Gasteiger partial charge in [-0.25, -0.2) is 0 Å². The van der Waals surface area contributed by atoms with Crippen LogP contribution in [0.3, 0.4) is 0 Å². The minimum Gasteiger partial charge on any atom is -0.497 e. The van der Waals surface area contributed by atoms with Crippen LogP contribution in [-0.2, 0) is 9.59 Å². The Hall–Kier alpha value is -2.18. The second-order valence-corrected chi connectivity index (χ2v) is 8.64. The molecule has 0 aliphatic carbocycles. The molecule has 2 atom stereocenters. The lowest BCUT2D eigenvalue weighted by Gasteiger charge is -2.29. The van der Waals surface area contributed by atoms with Gasteiger partial charge >= 0.3 is 0 Å². The van der Waals surface area contributed by atoms with Crippen molar-refractivity contribution in [2.45, 2.75) is 35.4 Å². The van der Waals surface area contributed by atoms with Crippen molar-refractivity contribution in [3.05, 3.63) is 53.1 Å². The molecule has 2 aliphatic rings. The lowest BCUT2D eigenvalue weighted by atomic mass is 10.0. The van der Waals surface area contributed by atoms with Gasteiger partial charge in [0.05, 0.1) is 24.1 Å². The fourth-order valence-electron chi connectivity index (χ4n) is 3.77. The van der Waals surface area contributed by atoms with E-state index in [0.717, 1.165) is 35.6 Å². The number of fused-ring (bicyclic) bond motifs is 1. The Bertz CT molecular complexity index is 903. The molecule has 0 radical (unpaired) electrons. The summed E-state index contributed by atoms with van der Waals surface area (Å²) in [5.74, 6) is 0.672. The molecule has 2 aliphatic heterocycles. The number of halogens is 1. The van der Waals surface area contributed by atoms with Crippen LogP contribution < -0.4 is 10.1 Å². The molecule has 0 saturated carbocycles. The minimum absolute atomic E-state index is 0.0170. The van der Waals surface area contributed by atoms with E-state index >= 15 is 0 Å². The minimum atomic E-state index is -0.432. The van der Waals surface area contributed by atoms with Crippen LogP contribution in [0.1, 0.15) is 30.9 Å². The number of amides is 2. The van der Waals surface area contributed by atoms with Crippen LogP contribution in [0.5, 0.6) is 5.75 Å². The first-order valence-corrected chi connectivity index (χ1v) is 10.5. The fourth-order valence-corrected chi connectivity index (χ4v) is 5.02. The maximum atomic E-state index is 13.0. The predicted molar refractivity (Wildman–Crippen MR) is 111 cm³/mol. The molecule has 0 spiro atoms. The number of thioether (sulfide) groups is 1. The predicted octanol–water partition coefficient (Wildman–Crippen LogP) is 4.52. The van der Waals surface area contributed by atoms with E-state index in [4.69, 9.17) is 16.3 Å². The molecule has 28 heavy (non-hydrogen) atoms. The maximum Gasteiger partial charge on any atom is 0.238 e. The number of rotatable bonds is 4. The van der Waals surface area contributed by atoms with E-state index in [9.17, 15) is 9.59 Å². The van der Waals surface area contributed by atoms with Crippen LogP contribution in [0.15, 0.2) is 47.4 Å². The van der Waals surface area contributed by atoms with Gasteiger partial charge < -0.3 is 15.0 Å². The Morgan fingerprint density at radius 1 is 1.29 bits per heavy atom. The van der Waals surface area contributed by atoms with Crippen LogP contribution >= 0.6 is 23.4 Å². The summed E-state index contributed by atoms with van der Waals surface area (Å²) in [4.78, 5) is 28.3. The van der Waals surface area contributed by atoms with Gasteiger partial charge in [0.25, 0.3) is 0 Å². The number of anilines is 1. The second kappa shape index (κ2) is 8.05.